The van der Waals surface area contributed by atoms with Crippen LogP contribution < -0.4 is 5.32 Å². The molecule has 3 aromatic rings. The van der Waals surface area contributed by atoms with Gasteiger partial charge in [0.2, 0.25) is 5.95 Å². The zero-order chi connectivity index (χ0) is 19.0. The molecule has 0 saturated carbocycles. The third-order valence-electron chi connectivity index (χ3n) is 5.01. The maximum absolute atomic E-state index is 13.2. The number of nitrogens with zero attached hydrogens (tertiary/aromatic N) is 2. The Hall–Kier alpha value is -3.08. The molecule has 0 fully saturated rings. The monoisotopic (exact) mass is 361 g/mol. The van der Waals surface area contributed by atoms with Crippen molar-refractivity contribution in [3.63, 3.8) is 0 Å². The lowest BCUT2D eigenvalue weighted by Crippen LogP contribution is -2.21. The van der Waals surface area contributed by atoms with Gasteiger partial charge in [0.05, 0.1) is 11.3 Å². The lowest BCUT2D eigenvalue weighted by molar-refractivity contribution is 0.0962. The molecule has 2 aromatic carbocycles. The van der Waals surface area contributed by atoms with E-state index < -0.39 is 0 Å². The van der Waals surface area contributed by atoms with E-state index in [-0.39, 0.29) is 17.5 Å². The molecule has 4 rings (SSSR count). The molecular formula is C22H20FN3O. The van der Waals surface area contributed by atoms with Crippen molar-refractivity contribution in [2.75, 3.05) is 5.32 Å². The Balaban J connectivity index is 1.62. The van der Waals surface area contributed by atoms with Crippen molar-refractivity contribution in [1.29, 1.82) is 0 Å². The summed E-state index contributed by atoms with van der Waals surface area (Å²) in [6.45, 7) is 4.08. The topological polar surface area (TPSA) is 54.9 Å². The number of aromatic nitrogens is 2. The fourth-order valence-corrected chi connectivity index (χ4v) is 3.55. The van der Waals surface area contributed by atoms with Crippen LogP contribution in [0.3, 0.4) is 0 Å². The molecule has 27 heavy (non-hydrogen) atoms. The Kier molecular flexibility index (Phi) is 4.44. The first kappa shape index (κ1) is 17.3. The summed E-state index contributed by atoms with van der Waals surface area (Å²) in [5.74, 6) is 0.245. The van der Waals surface area contributed by atoms with Gasteiger partial charge < -0.3 is 5.32 Å². The van der Waals surface area contributed by atoms with E-state index >= 15 is 0 Å². The highest BCUT2D eigenvalue weighted by Crippen LogP contribution is 2.32. The Morgan fingerprint density at radius 3 is 2.59 bits per heavy atom. The zero-order valence-corrected chi connectivity index (χ0v) is 15.3. The lowest BCUT2D eigenvalue weighted by atomic mass is 9.82. The molecule has 0 aliphatic heterocycles. The van der Waals surface area contributed by atoms with Gasteiger partial charge in [0.25, 0.3) is 0 Å². The van der Waals surface area contributed by atoms with Gasteiger partial charge in [0.1, 0.15) is 5.82 Å². The Morgan fingerprint density at radius 2 is 1.85 bits per heavy atom. The second-order valence-corrected chi connectivity index (χ2v) is 7.08. The van der Waals surface area contributed by atoms with Gasteiger partial charge in [0, 0.05) is 18.3 Å². The molecule has 1 atom stereocenters. The number of carbonyl (C=O) groups is 1. The Morgan fingerprint density at radius 1 is 1.07 bits per heavy atom. The van der Waals surface area contributed by atoms with E-state index in [1.54, 1.807) is 18.3 Å². The summed E-state index contributed by atoms with van der Waals surface area (Å²) in [5.41, 5.74) is 5.52. The number of fused-ring (bicyclic) bond motifs is 1. The number of Topliss-reactive ketones (excluding diaryl/α,β-unsaturated/α-hetero) is 1. The largest absolute Gasteiger partial charge is 0.324 e. The van der Waals surface area contributed by atoms with Gasteiger partial charge in [0.15, 0.2) is 5.78 Å². The van der Waals surface area contributed by atoms with Crippen LogP contribution in [0.1, 0.15) is 45.1 Å². The fourth-order valence-electron chi connectivity index (χ4n) is 3.55. The molecule has 1 heterocycles. The van der Waals surface area contributed by atoms with Crippen LogP contribution in [0.15, 0.2) is 48.7 Å². The number of ketones is 1. The first-order valence-corrected chi connectivity index (χ1v) is 8.98. The highest BCUT2D eigenvalue weighted by atomic mass is 19.1. The Bertz CT molecular complexity index is 1010. The summed E-state index contributed by atoms with van der Waals surface area (Å²) in [6.07, 6.45) is 2.64. The third kappa shape index (κ3) is 3.58. The SMILES string of the molecule is Cc1ccc(Nc2ncc3c(n2)C[C@H](c2ccc(F)cc2)CC3=O)c(C)c1. The molecule has 1 aliphatic rings. The van der Waals surface area contributed by atoms with Crippen LogP contribution in [-0.2, 0) is 6.42 Å². The number of benzene rings is 2. The standard InChI is InChI=1S/C22H20FN3O/c1-13-3-8-19(14(2)9-13)25-22-24-12-18-20(26-22)10-16(11-21(18)27)15-4-6-17(23)7-5-15/h3-9,12,16H,10-11H2,1-2H3,(H,24,25,26)/t16-/m0/s1. The van der Waals surface area contributed by atoms with E-state index in [4.69, 9.17) is 0 Å². The lowest BCUT2D eigenvalue weighted by Gasteiger charge is -2.23. The first-order valence-electron chi connectivity index (χ1n) is 8.98. The van der Waals surface area contributed by atoms with E-state index in [1.165, 1.54) is 17.7 Å². The van der Waals surface area contributed by atoms with Crippen molar-refractivity contribution >= 4 is 17.4 Å². The van der Waals surface area contributed by atoms with Gasteiger partial charge in [-0.1, -0.05) is 29.8 Å². The van der Waals surface area contributed by atoms with Crippen molar-refractivity contribution < 1.29 is 9.18 Å². The third-order valence-corrected chi connectivity index (χ3v) is 5.01. The minimum atomic E-state index is -0.274. The van der Waals surface area contributed by atoms with Gasteiger partial charge in [-0.15, -0.1) is 0 Å². The molecule has 0 bridgehead atoms. The van der Waals surface area contributed by atoms with Gasteiger partial charge >= 0.3 is 0 Å². The molecule has 0 saturated heterocycles. The first-order chi connectivity index (χ1) is 13.0. The van der Waals surface area contributed by atoms with Crippen molar-refractivity contribution in [1.82, 2.24) is 9.97 Å². The van der Waals surface area contributed by atoms with E-state index in [2.05, 4.69) is 21.4 Å². The second-order valence-electron chi connectivity index (χ2n) is 7.08. The molecular weight excluding hydrogens is 341 g/mol. The molecule has 0 radical (unpaired) electrons. The molecule has 1 N–H and O–H groups in total. The summed E-state index contributed by atoms with van der Waals surface area (Å²) >= 11 is 0. The molecule has 5 heteroatoms. The summed E-state index contributed by atoms with van der Waals surface area (Å²) in [4.78, 5) is 21.4. The number of hydrogen-bond donors (Lipinski definition) is 1. The summed E-state index contributed by atoms with van der Waals surface area (Å²) in [5, 5.41) is 3.24. The summed E-state index contributed by atoms with van der Waals surface area (Å²) in [6, 6.07) is 12.5. The van der Waals surface area contributed by atoms with Crippen molar-refractivity contribution in [3.8, 4) is 0 Å². The van der Waals surface area contributed by atoms with E-state index in [1.807, 2.05) is 26.0 Å². The normalized spacial score (nSPS) is 16.1. The van der Waals surface area contributed by atoms with Crippen LogP contribution in [0, 0.1) is 19.7 Å². The highest BCUT2D eigenvalue weighted by Gasteiger charge is 2.28. The Labute approximate surface area is 157 Å². The van der Waals surface area contributed by atoms with Gasteiger partial charge in [-0.3, -0.25) is 4.79 Å². The maximum Gasteiger partial charge on any atom is 0.227 e. The number of rotatable bonds is 3. The van der Waals surface area contributed by atoms with Crippen LogP contribution in [0.2, 0.25) is 0 Å². The van der Waals surface area contributed by atoms with Crippen LogP contribution >= 0.6 is 0 Å². The molecule has 0 spiro atoms. The molecule has 136 valence electrons. The number of carbonyl (C=O) groups excluding carboxylic acids is 1. The second kappa shape index (κ2) is 6.91. The predicted molar refractivity (Wildman–Crippen MR) is 103 cm³/mol. The van der Waals surface area contributed by atoms with E-state index in [0.717, 1.165) is 22.5 Å². The van der Waals surface area contributed by atoms with Crippen LogP contribution in [-0.4, -0.2) is 15.8 Å². The molecule has 0 amide bonds. The quantitative estimate of drug-likeness (QED) is 0.722. The summed E-state index contributed by atoms with van der Waals surface area (Å²) in [7, 11) is 0. The van der Waals surface area contributed by atoms with Gasteiger partial charge in [-0.2, -0.15) is 0 Å². The number of halogens is 1. The van der Waals surface area contributed by atoms with Crippen LogP contribution in [0.4, 0.5) is 16.0 Å². The minimum absolute atomic E-state index is 0.00876. The highest BCUT2D eigenvalue weighted by molar-refractivity contribution is 5.98. The average Bonchev–Trinajstić information content (AvgIpc) is 2.64. The van der Waals surface area contributed by atoms with Crippen molar-refractivity contribution in [2.45, 2.75) is 32.6 Å². The molecule has 0 unspecified atom stereocenters. The molecule has 1 aromatic heterocycles. The molecule has 1 aliphatic carbocycles. The van der Waals surface area contributed by atoms with E-state index in [9.17, 15) is 9.18 Å². The summed E-state index contributed by atoms with van der Waals surface area (Å²) < 4.78 is 13.2. The van der Waals surface area contributed by atoms with Gasteiger partial charge in [-0.25, -0.2) is 14.4 Å². The fraction of sp³-hybridized carbons (Fsp3) is 0.227. The number of anilines is 2. The zero-order valence-electron chi connectivity index (χ0n) is 15.3. The van der Waals surface area contributed by atoms with Crippen LogP contribution in [0.5, 0.6) is 0 Å². The average molecular weight is 361 g/mol. The molecule has 4 nitrogen and oxygen atoms in total. The maximum atomic E-state index is 13.2. The van der Waals surface area contributed by atoms with Crippen molar-refractivity contribution in [2.24, 2.45) is 0 Å². The number of hydrogen-bond acceptors (Lipinski definition) is 4. The number of nitrogens with one attached hydrogen (secondary N) is 1. The predicted octanol–water partition coefficient (Wildman–Crippen LogP) is 4.89. The van der Waals surface area contributed by atoms with Crippen LogP contribution in [0.25, 0.3) is 0 Å². The smallest absolute Gasteiger partial charge is 0.227 e. The van der Waals surface area contributed by atoms with E-state index in [0.29, 0.717) is 24.4 Å². The number of aryl methyl sites for hydroxylation is 2. The van der Waals surface area contributed by atoms with Gasteiger partial charge in [-0.05, 0) is 55.5 Å². The van der Waals surface area contributed by atoms with Crippen molar-refractivity contribution in [3.05, 3.63) is 82.4 Å². The minimum Gasteiger partial charge on any atom is -0.324 e.